The van der Waals surface area contributed by atoms with Crippen LogP contribution in [0.2, 0.25) is 0 Å². The van der Waals surface area contributed by atoms with E-state index in [9.17, 15) is 0 Å². The molecule has 0 fully saturated rings. The van der Waals surface area contributed by atoms with E-state index in [0.29, 0.717) is 0 Å². The van der Waals surface area contributed by atoms with Crippen LogP contribution < -0.4 is 5.32 Å². The Kier molecular flexibility index (Phi) is 3.82. The Balaban J connectivity index is 2.31. The number of hydrogen-bond donors (Lipinski definition) is 2. The van der Waals surface area contributed by atoms with Crippen LogP contribution >= 0.6 is 0 Å². The SMILES string of the molecule is CNCCc1ncc(-c2cc(C)c(C)cc2C)[nH]1. The third-order valence-corrected chi connectivity index (χ3v) is 3.37. The number of imidazole rings is 1. The Labute approximate surface area is 109 Å². The van der Waals surface area contributed by atoms with E-state index in [0.717, 1.165) is 24.5 Å². The summed E-state index contributed by atoms with van der Waals surface area (Å²) in [4.78, 5) is 7.83. The summed E-state index contributed by atoms with van der Waals surface area (Å²) in [6, 6.07) is 4.47. The third-order valence-electron chi connectivity index (χ3n) is 3.37. The molecule has 0 amide bonds. The largest absolute Gasteiger partial charge is 0.342 e. The van der Waals surface area contributed by atoms with Crippen LogP contribution in [-0.2, 0) is 6.42 Å². The van der Waals surface area contributed by atoms with Gasteiger partial charge in [-0.2, -0.15) is 0 Å². The summed E-state index contributed by atoms with van der Waals surface area (Å²) in [6.45, 7) is 7.39. The van der Waals surface area contributed by atoms with Crippen molar-refractivity contribution in [3.05, 3.63) is 40.8 Å². The molecule has 1 aromatic heterocycles. The first-order chi connectivity index (χ1) is 8.61. The zero-order valence-electron chi connectivity index (χ0n) is 11.6. The molecule has 18 heavy (non-hydrogen) atoms. The van der Waals surface area contributed by atoms with E-state index < -0.39 is 0 Å². The van der Waals surface area contributed by atoms with Crippen LogP contribution in [0.1, 0.15) is 22.5 Å². The first-order valence-electron chi connectivity index (χ1n) is 6.38. The van der Waals surface area contributed by atoms with Crippen LogP contribution in [0.25, 0.3) is 11.3 Å². The molecule has 0 bridgehead atoms. The van der Waals surface area contributed by atoms with Gasteiger partial charge in [-0.15, -0.1) is 0 Å². The summed E-state index contributed by atoms with van der Waals surface area (Å²) in [7, 11) is 1.96. The van der Waals surface area contributed by atoms with Crippen LogP contribution in [0.4, 0.5) is 0 Å². The second kappa shape index (κ2) is 5.36. The van der Waals surface area contributed by atoms with Crippen LogP contribution in [0.15, 0.2) is 18.3 Å². The lowest BCUT2D eigenvalue weighted by molar-refractivity contribution is 0.764. The summed E-state index contributed by atoms with van der Waals surface area (Å²) in [5.74, 6) is 1.04. The summed E-state index contributed by atoms with van der Waals surface area (Å²) in [5.41, 5.74) is 6.32. The molecule has 2 aromatic rings. The van der Waals surface area contributed by atoms with Crippen molar-refractivity contribution in [1.82, 2.24) is 15.3 Å². The van der Waals surface area contributed by atoms with E-state index >= 15 is 0 Å². The molecule has 0 radical (unpaired) electrons. The van der Waals surface area contributed by atoms with Gasteiger partial charge in [0.25, 0.3) is 0 Å². The van der Waals surface area contributed by atoms with Gasteiger partial charge in [-0.1, -0.05) is 6.07 Å². The number of aromatic amines is 1. The minimum atomic E-state index is 0.931. The van der Waals surface area contributed by atoms with Crippen molar-refractivity contribution < 1.29 is 0 Å². The topological polar surface area (TPSA) is 40.7 Å². The van der Waals surface area contributed by atoms with E-state index in [1.807, 2.05) is 13.2 Å². The molecule has 3 nitrogen and oxygen atoms in total. The number of nitrogens with zero attached hydrogens (tertiary/aromatic N) is 1. The monoisotopic (exact) mass is 243 g/mol. The molecule has 0 saturated heterocycles. The molecule has 0 atom stereocenters. The fourth-order valence-corrected chi connectivity index (χ4v) is 2.12. The maximum absolute atomic E-state index is 4.43. The van der Waals surface area contributed by atoms with Gasteiger partial charge in [-0.05, 0) is 50.6 Å². The first kappa shape index (κ1) is 12.8. The quantitative estimate of drug-likeness (QED) is 0.867. The van der Waals surface area contributed by atoms with Crippen LogP contribution in [0.5, 0.6) is 0 Å². The molecule has 0 spiro atoms. The number of rotatable bonds is 4. The standard InChI is InChI=1S/C15H21N3/c1-10-7-12(3)13(8-11(10)2)14-9-17-15(18-14)5-6-16-4/h7-9,16H,5-6H2,1-4H3,(H,17,18). The van der Waals surface area contributed by atoms with Gasteiger partial charge in [-0.3, -0.25) is 0 Å². The van der Waals surface area contributed by atoms with Crippen molar-refractivity contribution in [3.63, 3.8) is 0 Å². The molecule has 3 heteroatoms. The number of H-pyrrole nitrogens is 1. The summed E-state index contributed by atoms with van der Waals surface area (Å²) in [5, 5.41) is 3.13. The molecule has 1 aromatic carbocycles. The van der Waals surface area contributed by atoms with Crippen molar-refractivity contribution >= 4 is 0 Å². The van der Waals surface area contributed by atoms with Gasteiger partial charge in [0, 0.05) is 18.5 Å². The average Bonchev–Trinajstić information content (AvgIpc) is 2.79. The Bertz CT molecular complexity index is 541. The minimum absolute atomic E-state index is 0.931. The second-order valence-corrected chi connectivity index (χ2v) is 4.85. The number of aryl methyl sites for hydroxylation is 3. The predicted octanol–water partition coefficient (Wildman–Crippen LogP) is 2.76. The number of likely N-dealkylation sites (N-methyl/N-ethyl adjacent to an activating group) is 1. The Hall–Kier alpha value is -1.61. The van der Waals surface area contributed by atoms with E-state index in [1.165, 1.54) is 22.3 Å². The maximum atomic E-state index is 4.43. The highest BCUT2D eigenvalue weighted by molar-refractivity contribution is 5.65. The van der Waals surface area contributed by atoms with E-state index in [4.69, 9.17) is 0 Å². The molecule has 1 heterocycles. The average molecular weight is 243 g/mol. The van der Waals surface area contributed by atoms with Crippen molar-refractivity contribution in [3.8, 4) is 11.3 Å². The predicted molar refractivity (Wildman–Crippen MR) is 75.9 cm³/mol. The summed E-state index contributed by atoms with van der Waals surface area (Å²) in [6.07, 6.45) is 2.86. The molecule has 2 rings (SSSR count). The number of hydrogen-bond acceptors (Lipinski definition) is 2. The fourth-order valence-electron chi connectivity index (χ4n) is 2.12. The van der Waals surface area contributed by atoms with E-state index in [2.05, 4.69) is 48.2 Å². The third kappa shape index (κ3) is 2.62. The highest BCUT2D eigenvalue weighted by Gasteiger charge is 2.07. The molecule has 0 aliphatic rings. The Morgan fingerprint density at radius 1 is 1.11 bits per heavy atom. The molecular weight excluding hydrogens is 222 g/mol. The zero-order chi connectivity index (χ0) is 13.1. The molecule has 0 aliphatic carbocycles. The summed E-state index contributed by atoms with van der Waals surface area (Å²) >= 11 is 0. The molecule has 0 aliphatic heterocycles. The number of nitrogens with one attached hydrogen (secondary N) is 2. The lowest BCUT2D eigenvalue weighted by atomic mass is 9.99. The van der Waals surface area contributed by atoms with Crippen LogP contribution in [0, 0.1) is 20.8 Å². The first-order valence-corrected chi connectivity index (χ1v) is 6.38. The van der Waals surface area contributed by atoms with Gasteiger partial charge in [0.05, 0.1) is 11.9 Å². The normalized spacial score (nSPS) is 10.9. The smallest absolute Gasteiger partial charge is 0.107 e. The lowest BCUT2D eigenvalue weighted by Crippen LogP contribution is -2.11. The van der Waals surface area contributed by atoms with E-state index in [1.54, 1.807) is 0 Å². The summed E-state index contributed by atoms with van der Waals surface area (Å²) < 4.78 is 0. The van der Waals surface area contributed by atoms with Gasteiger partial charge in [0.1, 0.15) is 5.82 Å². The fraction of sp³-hybridized carbons (Fsp3) is 0.400. The van der Waals surface area contributed by atoms with Gasteiger partial charge in [0.15, 0.2) is 0 Å². The molecule has 0 unspecified atom stereocenters. The number of benzene rings is 1. The van der Waals surface area contributed by atoms with Gasteiger partial charge < -0.3 is 10.3 Å². The Morgan fingerprint density at radius 3 is 2.56 bits per heavy atom. The molecule has 96 valence electrons. The lowest BCUT2D eigenvalue weighted by Gasteiger charge is -2.08. The zero-order valence-corrected chi connectivity index (χ0v) is 11.6. The highest BCUT2D eigenvalue weighted by atomic mass is 14.9. The van der Waals surface area contributed by atoms with Crippen LogP contribution in [-0.4, -0.2) is 23.6 Å². The van der Waals surface area contributed by atoms with Crippen molar-refractivity contribution in [2.75, 3.05) is 13.6 Å². The molecule has 2 N–H and O–H groups in total. The Morgan fingerprint density at radius 2 is 1.83 bits per heavy atom. The second-order valence-electron chi connectivity index (χ2n) is 4.85. The molecular formula is C15H21N3. The van der Waals surface area contributed by atoms with Gasteiger partial charge in [-0.25, -0.2) is 4.98 Å². The van der Waals surface area contributed by atoms with Gasteiger partial charge >= 0.3 is 0 Å². The minimum Gasteiger partial charge on any atom is -0.342 e. The van der Waals surface area contributed by atoms with Crippen LogP contribution in [0.3, 0.4) is 0 Å². The molecule has 0 saturated carbocycles. The van der Waals surface area contributed by atoms with Crippen molar-refractivity contribution in [2.45, 2.75) is 27.2 Å². The number of aromatic nitrogens is 2. The van der Waals surface area contributed by atoms with Crippen molar-refractivity contribution in [1.29, 1.82) is 0 Å². The highest BCUT2D eigenvalue weighted by Crippen LogP contribution is 2.24. The van der Waals surface area contributed by atoms with Crippen molar-refractivity contribution in [2.24, 2.45) is 0 Å². The van der Waals surface area contributed by atoms with Gasteiger partial charge in [0.2, 0.25) is 0 Å². The maximum Gasteiger partial charge on any atom is 0.107 e. The van der Waals surface area contributed by atoms with E-state index in [-0.39, 0.29) is 0 Å².